The van der Waals surface area contributed by atoms with Gasteiger partial charge in [0.2, 0.25) is 0 Å². The van der Waals surface area contributed by atoms with Crippen molar-refractivity contribution in [1.29, 1.82) is 0 Å². The second-order valence-corrected chi connectivity index (χ2v) is 5.67. The molecule has 0 N–H and O–H groups in total. The highest BCUT2D eigenvalue weighted by molar-refractivity contribution is 6.10. The lowest BCUT2D eigenvalue weighted by molar-refractivity contribution is 0.791. The molecule has 0 aliphatic carbocycles. The van der Waals surface area contributed by atoms with Gasteiger partial charge in [-0.25, -0.2) is 0 Å². The maximum atomic E-state index is 12.9. The summed E-state index contributed by atoms with van der Waals surface area (Å²) in [6, 6.07) is 16.1. The maximum absolute atomic E-state index is 12.9. The van der Waals surface area contributed by atoms with Gasteiger partial charge in [0.05, 0.1) is 12.1 Å². The Morgan fingerprint density at radius 1 is 0.864 bits per heavy atom. The van der Waals surface area contributed by atoms with E-state index in [2.05, 4.69) is 23.2 Å². The average molecular weight is 284 g/mol. The first-order valence-electron chi connectivity index (χ1n) is 7.32. The normalized spacial score (nSPS) is 12.5. The fraction of sp³-hybridized carbons (Fsp3) is 0.0526. The first-order valence-corrected chi connectivity index (χ1v) is 7.32. The third-order valence-corrected chi connectivity index (χ3v) is 4.52. The van der Waals surface area contributed by atoms with Crippen molar-refractivity contribution in [2.45, 2.75) is 6.54 Å². The van der Waals surface area contributed by atoms with Crippen LogP contribution in [-0.4, -0.2) is 9.55 Å². The van der Waals surface area contributed by atoms with Gasteiger partial charge in [-0.05, 0) is 28.6 Å². The maximum Gasteiger partial charge on any atom is 0.259 e. The van der Waals surface area contributed by atoms with Crippen LogP contribution in [0.4, 0.5) is 0 Å². The highest BCUT2D eigenvalue weighted by Crippen LogP contribution is 2.36. The summed E-state index contributed by atoms with van der Waals surface area (Å²) in [5, 5.41) is 2.94. The Morgan fingerprint density at radius 3 is 2.59 bits per heavy atom. The molecule has 3 heteroatoms. The molecular formula is C19H12N2O. The quantitative estimate of drug-likeness (QED) is 0.407. The fourth-order valence-corrected chi connectivity index (χ4v) is 3.56. The number of benzene rings is 2. The molecule has 3 heterocycles. The summed E-state index contributed by atoms with van der Waals surface area (Å²) >= 11 is 0. The van der Waals surface area contributed by atoms with E-state index in [1.165, 1.54) is 5.56 Å². The van der Waals surface area contributed by atoms with Gasteiger partial charge in [-0.1, -0.05) is 36.4 Å². The van der Waals surface area contributed by atoms with Crippen molar-refractivity contribution in [2.75, 3.05) is 0 Å². The van der Waals surface area contributed by atoms with Crippen molar-refractivity contribution < 1.29 is 0 Å². The molecule has 2 aromatic heterocycles. The van der Waals surface area contributed by atoms with Gasteiger partial charge in [-0.2, -0.15) is 0 Å². The van der Waals surface area contributed by atoms with E-state index in [1.807, 2.05) is 47.3 Å². The van der Waals surface area contributed by atoms with Crippen molar-refractivity contribution in [3.05, 3.63) is 76.8 Å². The predicted octanol–water partition coefficient (Wildman–Crippen LogP) is 3.58. The van der Waals surface area contributed by atoms with E-state index < -0.39 is 0 Å². The van der Waals surface area contributed by atoms with Gasteiger partial charge >= 0.3 is 0 Å². The van der Waals surface area contributed by atoms with Crippen LogP contribution in [-0.2, 0) is 6.54 Å². The summed E-state index contributed by atoms with van der Waals surface area (Å²) in [7, 11) is 0. The highest BCUT2D eigenvalue weighted by atomic mass is 16.1. The zero-order valence-electron chi connectivity index (χ0n) is 11.8. The van der Waals surface area contributed by atoms with E-state index in [1.54, 1.807) is 0 Å². The minimum atomic E-state index is 0.0741. The van der Waals surface area contributed by atoms with Crippen LogP contribution in [0.1, 0.15) is 5.56 Å². The molecule has 1 aliphatic heterocycles. The average Bonchev–Trinajstić information content (AvgIpc) is 2.59. The Morgan fingerprint density at radius 2 is 1.68 bits per heavy atom. The number of rotatable bonds is 0. The molecule has 0 fully saturated rings. The molecule has 3 nitrogen and oxygen atoms in total. The van der Waals surface area contributed by atoms with E-state index in [0.717, 1.165) is 32.8 Å². The third kappa shape index (κ3) is 1.35. The van der Waals surface area contributed by atoms with Crippen LogP contribution < -0.4 is 5.56 Å². The molecule has 4 aromatic rings. The first-order chi connectivity index (χ1) is 10.8. The predicted molar refractivity (Wildman–Crippen MR) is 88.0 cm³/mol. The van der Waals surface area contributed by atoms with E-state index in [-0.39, 0.29) is 5.56 Å². The molecule has 0 radical (unpaired) electrons. The second-order valence-electron chi connectivity index (χ2n) is 5.67. The van der Waals surface area contributed by atoms with Gasteiger partial charge in [-0.3, -0.25) is 9.78 Å². The number of aromatic nitrogens is 2. The van der Waals surface area contributed by atoms with Crippen LogP contribution >= 0.6 is 0 Å². The summed E-state index contributed by atoms with van der Waals surface area (Å²) < 4.78 is 1.89. The Labute approximate surface area is 126 Å². The van der Waals surface area contributed by atoms with Crippen LogP contribution in [0.3, 0.4) is 0 Å². The number of hydrogen-bond donors (Lipinski definition) is 0. The molecule has 1 aliphatic rings. The van der Waals surface area contributed by atoms with Crippen molar-refractivity contribution in [3.8, 4) is 11.1 Å². The molecule has 2 aromatic carbocycles. The molecule has 0 atom stereocenters. The molecule has 104 valence electrons. The zero-order chi connectivity index (χ0) is 14.7. The van der Waals surface area contributed by atoms with E-state index in [0.29, 0.717) is 6.54 Å². The smallest absolute Gasteiger partial charge is 0.259 e. The molecule has 0 saturated carbocycles. The van der Waals surface area contributed by atoms with E-state index in [9.17, 15) is 4.79 Å². The van der Waals surface area contributed by atoms with Crippen LogP contribution in [0.2, 0.25) is 0 Å². The molecule has 0 amide bonds. The number of hydrogen-bond acceptors (Lipinski definition) is 2. The lowest BCUT2D eigenvalue weighted by Crippen LogP contribution is -2.24. The minimum absolute atomic E-state index is 0.0741. The lowest BCUT2D eigenvalue weighted by Gasteiger charge is -2.23. The van der Waals surface area contributed by atoms with Gasteiger partial charge < -0.3 is 4.57 Å². The molecule has 0 saturated heterocycles. The Balaban J connectivity index is 2.10. The zero-order valence-corrected chi connectivity index (χ0v) is 11.8. The van der Waals surface area contributed by atoms with Crippen molar-refractivity contribution in [2.24, 2.45) is 0 Å². The third-order valence-electron chi connectivity index (χ3n) is 4.52. The molecule has 0 spiro atoms. The molecule has 0 bridgehead atoms. The molecule has 0 unspecified atom stereocenters. The molecular weight excluding hydrogens is 272 g/mol. The van der Waals surface area contributed by atoms with Crippen LogP contribution in [0.5, 0.6) is 0 Å². The lowest BCUT2D eigenvalue weighted by atomic mass is 9.93. The van der Waals surface area contributed by atoms with Crippen molar-refractivity contribution in [3.63, 3.8) is 0 Å². The fourth-order valence-electron chi connectivity index (χ4n) is 3.56. The monoisotopic (exact) mass is 284 g/mol. The number of pyridine rings is 2. The van der Waals surface area contributed by atoms with Gasteiger partial charge in [0, 0.05) is 28.7 Å². The Hall–Kier alpha value is -2.94. The topological polar surface area (TPSA) is 34.9 Å². The minimum Gasteiger partial charge on any atom is -0.303 e. The van der Waals surface area contributed by atoms with E-state index in [4.69, 9.17) is 0 Å². The van der Waals surface area contributed by atoms with Gasteiger partial charge in [-0.15, -0.1) is 0 Å². The largest absolute Gasteiger partial charge is 0.303 e. The SMILES string of the molecule is O=c1c2ccccc2c2cccc3c2n1Cc1cnccc1-3. The van der Waals surface area contributed by atoms with Gasteiger partial charge in [0.25, 0.3) is 5.56 Å². The van der Waals surface area contributed by atoms with Crippen molar-refractivity contribution in [1.82, 2.24) is 9.55 Å². The highest BCUT2D eigenvalue weighted by Gasteiger charge is 2.20. The summed E-state index contributed by atoms with van der Waals surface area (Å²) in [6.45, 7) is 0.584. The Bertz CT molecular complexity index is 1130. The first kappa shape index (κ1) is 11.7. The number of fused-ring (bicyclic) bond motifs is 4. The Kier molecular flexibility index (Phi) is 2.15. The molecule has 22 heavy (non-hydrogen) atoms. The van der Waals surface area contributed by atoms with Crippen LogP contribution in [0, 0.1) is 0 Å². The molecule has 5 rings (SSSR count). The van der Waals surface area contributed by atoms with Crippen LogP contribution in [0.25, 0.3) is 32.8 Å². The summed E-state index contributed by atoms with van der Waals surface area (Å²) in [4.78, 5) is 17.1. The second kappa shape index (κ2) is 4.04. The summed E-state index contributed by atoms with van der Waals surface area (Å²) in [5.41, 5.74) is 4.49. The summed E-state index contributed by atoms with van der Waals surface area (Å²) in [6.07, 6.45) is 3.67. The van der Waals surface area contributed by atoms with Gasteiger partial charge in [0.1, 0.15) is 0 Å². The number of nitrogens with zero attached hydrogens (tertiary/aromatic N) is 2. The summed E-state index contributed by atoms with van der Waals surface area (Å²) in [5.74, 6) is 0. The van der Waals surface area contributed by atoms with E-state index >= 15 is 0 Å². The standard InChI is InChI=1S/C19H12N2O/c22-19-17-5-2-1-4-14(17)16-7-3-6-15-13-8-9-20-10-12(13)11-21(19)18(15)16/h1-10H,11H2. The van der Waals surface area contributed by atoms with Gasteiger partial charge in [0.15, 0.2) is 0 Å². The number of para-hydroxylation sites is 1. The van der Waals surface area contributed by atoms with Crippen LogP contribution in [0.15, 0.2) is 65.7 Å². The van der Waals surface area contributed by atoms with Crippen molar-refractivity contribution >= 4 is 21.7 Å².